The summed E-state index contributed by atoms with van der Waals surface area (Å²) in [4.78, 5) is 19.5. The maximum absolute atomic E-state index is 13.2. The first-order chi connectivity index (χ1) is 14.2. The van der Waals surface area contributed by atoms with Crippen LogP contribution in [0, 0.1) is 17.3 Å². The molecule has 0 spiro atoms. The summed E-state index contributed by atoms with van der Waals surface area (Å²) in [6, 6.07) is 4.39. The predicted octanol–water partition coefficient (Wildman–Crippen LogP) is 5.66. The average Bonchev–Trinajstić information content (AvgIpc) is 3.04. The van der Waals surface area contributed by atoms with E-state index in [2.05, 4.69) is 24.1 Å². The Kier molecular flexibility index (Phi) is 5.69. The molecule has 0 N–H and O–H groups in total. The van der Waals surface area contributed by atoms with Crippen molar-refractivity contribution in [2.75, 3.05) is 6.61 Å². The third-order valence-corrected chi connectivity index (χ3v) is 7.33. The van der Waals surface area contributed by atoms with Crippen molar-refractivity contribution in [3.8, 4) is 0 Å². The van der Waals surface area contributed by atoms with Gasteiger partial charge in [0.05, 0.1) is 0 Å². The molecule has 1 aromatic rings. The first-order valence-corrected chi connectivity index (χ1v) is 11.5. The molecule has 164 valence electrons. The number of fused-ring (bicyclic) bond motifs is 3. The molecule has 5 heteroatoms. The predicted molar refractivity (Wildman–Crippen MR) is 118 cm³/mol. The van der Waals surface area contributed by atoms with Gasteiger partial charge in [-0.15, -0.1) is 0 Å². The standard InChI is InChI=1S/C25H36N2O3/c1-6-29-22-12-9-18-20-11-10-19(17-8-7-15-26-16-17)25(20,5)14-13-21(18)27(22)23(28)30-24(2,3)4/h7-8,10,15-16,18,20-22H,6,9,11-14H2,1-5H3/t18-,20-,21-,22?,25+/m0/s1. The summed E-state index contributed by atoms with van der Waals surface area (Å²) in [5, 5.41) is 0. The van der Waals surface area contributed by atoms with Gasteiger partial charge in [-0.1, -0.05) is 19.1 Å². The Morgan fingerprint density at radius 3 is 2.77 bits per heavy atom. The molecule has 1 saturated carbocycles. The highest BCUT2D eigenvalue weighted by Crippen LogP contribution is 2.60. The lowest BCUT2D eigenvalue weighted by Crippen LogP contribution is -2.60. The highest BCUT2D eigenvalue weighted by Gasteiger charge is 2.55. The molecule has 5 nitrogen and oxygen atoms in total. The highest BCUT2D eigenvalue weighted by atomic mass is 16.6. The minimum atomic E-state index is -0.508. The molecule has 4 rings (SSSR count). The van der Waals surface area contributed by atoms with E-state index in [-0.39, 0.29) is 23.8 Å². The molecule has 1 saturated heterocycles. The smallest absolute Gasteiger partial charge is 0.412 e. The number of carbonyl (C=O) groups excluding carboxylic acids is 1. The van der Waals surface area contributed by atoms with Gasteiger partial charge in [0, 0.05) is 25.0 Å². The monoisotopic (exact) mass is 412 g/mol. The number of pyridine rings is 1. The zero-order chi connectivity index (χ0) is 21.5. The summed E-state index contributed by atoms with van der Waals surface area (Å²) in [7, 11) is 0. The van der Waals surface area contributed by atoms with Gasteiger partial charge >= 0.3 is 6.09 Å². The first-order valence-electron chi connectivity index (χ1n) is 11.5. The highest BCUT2D eigenvalue weighted by molar-refractivity contribution is 5.73. The quantitative estimate of drug-likeness (QED) is 0.642. The van der Waals surface area contributed by atoms with E-state index >= 15 is 0 Å². The molecule has 0 bridgehead atoms. The zero-order valence-corrected chi connectivity index (χ0v) is 19.1. The number of ether oxygens (including phenoxy) is 2. The van der Waals surface area contributed by atoms with Crippen LogP contribution >= 0.6 is 0 Å². The van der Waals surface area contributed by atoms with Crippen LogP contribution in [0.15, 0.2) is 30.6 Å². The van der Waals surface area contributed by atoms with Gasteiger partial charge in [0.1, 0.15) is 11.8 Å². The molecule has 2 aliphatic carbocycles. The van der Waals surface area contributed by atoms with Crippen LogP contribution in [0.5, 0.6) is 0 Å². The van der Waals surface area contributed by atoms with Crippen molar-refractivity contribution in [1.82, 2.24) is 9.88 Å². The number of hydrogen-bond donors (Lipinski definition) is 0. The number of rotatable bonds is 3. The fourth-order valence-corrected chi connectivity index (χ4v) is 6.16. The summed E-state index contributed by atoms with van der Waals surface area (Å²) in [6.45, 7) is 10.8. The van der Waals surface area contributed by atoms with Crippen molar-refractivity contribution in [1.29, 1.82) is 0 Å². The second-order valence-corrected chi connectivity index (χ2v) is 10.3. The number of amides is 1. The van der Waals surface area contributed by atoms with Gasteiger partial charge in [0.15, 0.2) is 0 Å². The van der Waals surface area contributed by atoms with Gasteiger partial charge in [0.2, 0.25) is 0 Å². The molecule has 1 aliphatic heterocycles. The lowest BCUT2D eigenvalue weighted by atomic mass is 9.57. The van der Waals surface area contributed by atoms with Crippen molar-refractivity contribution >= 4 is 11.7 Å². The minimum absolute atomic E-state index is 0.141. The summed E-state index contributed by atoms with van der Waals surface area (Å²) in [5.74, 6) is 1.01. The molecular weight excluding hydrogens is 376 g/mol. The van der Waals surface area contributed by atoms with Gasteiger partial charge in [-0.3, -0.25) is 9.88 Å². The van der Waals surface area contributed by atoms with Crippen molar-refractivity contribution in [3.05, 3.63) is 36.2 Å². The Labute approximate surface area is 180 Å². The molecule has 0 aromatic carbocycles. The number of hydrogen-bond acceptors (Lipinski definition) is 4. The van der Waals surface area contributed by atoms with E-state index in [1.165, 1.54) is 11.1 Å². The second-order valence-electron chi connectivity index (χ2n) is 10.3. The first kappa shape index (κ1) is 21.4. The third kappa shape index (κ3) is 3.77. The van der Waals surface area contributed by atoms with Crippen LogP contribution in [0.25, 0.3) is 5.57 Å². The Bertz CT molecular complexity index is 800. The van der Waals surface area contributed by atoms with Crippen LogP contribution in [-0.4, -0.2) is 40.5 Å². The molecule has 2 heterocycles. The van der Waals surface area contributed by atoms with E-state index in [4.69, 9.17) is 9.47 Å². The molecule has 1 amide bonds. The van der Waals surface area contributed by atoms with E-state index in [9.17, 15) is 4.79 Å². The maximum atomic E-state index is 13.2. The molecule has 5 atom stereocenters. The van der Waals surface area contributed by atoms with Gasteiger partial charge in [-0.25, -0.2) is 4.79 Å². The molecule has 3 aliphatic rings. The Hall–Kier alpha value is -1.88. The van der Waals surface area contributed by atoms with Crippen molar-refractivity contribution in [3.63, 3.8) is 0 Å². The van der Waals surface area contributed by atoms with Crippen molar-refractivity contribution in [2.24, 2.45) is 17.3 Å². The SMILES string of the molecule is CCOC1CC[C@@H]2[C@H](CC[C@]3(C)C(c4cccnc4)=CC[C@@H]23)N1C(=O)OC(C)(C)C. The molecule has 1 unspecified atom stereocenters. The number of nitrogens with zero attached hydrogens (tertiary/aromatic N) is 2. The van der Waals surface area contributed by atoms with E-state index in [0.29, 0.717) is 18.4 Å². The Morgan fingerprint density at radius 1 is 1.30 bits per heavy atom. The third-order valence-electron chi connectivity index (χ3n) is 7.33. The summed E-state index contributed by atoms with van der Waals surface area (Å²) in [6.07, 6.45) is 11.0. The lowest BCUT2D eigenvalue weighted by Gasteiger charge is -2.55. The van der Waals surface area contributed by atoms with E-state index in [1.54, 1.807) is 0 Å². The molecule has 2 fully saturated rings. The fraction of sp³-hybridized carbons (Fsp3) is 0.680. The fourth-order valence-electron chi connectivity index (χ4n) is 6.16. The maximum Gasteiger partial charge on any atom is 0.412 e. The summed E-state index contributed by atoms with van der Waals surface area (Å²) >= 11 is 0. The molecule has 0 radical (unpaired) electrons. The average molecular weight is 413 g/mol. The molecule has 30 heavy (non-hydrogen) atoms. The Morgan fingerprint density at radius 2 is 2.10 bits per heavy atom. The Balaban J connectivity index is 1.60. The summed E-state index contributed by atoms with van der Waals surface area (Å²) < 4.78 is 11.8. The number of likely N-dealkylation sites (tertiary alicyclic amines) is 1. The number of piperidine rings is 1. The largest absolute Gasteiger partial charge is 0.444 e. The topological polar surface area (TPSA) is 51.7 Å². The van der Waals surface area contributed by atoms with Gasteiger partial charge in [-0.05, 0) is 94.3 Å². The van der Waals surface area contributed by atoms with Crippen LogP contribution in [0.4, 0.5) is 4.79 Å². The normalized spacial score (nSPS) is 33.5. The van der Waals surface area contributed by atoms with Gasteiger partial charge in [0.25, 0.3) is 0 Å². The van der Waals surface area contributed by atoms with Crippen LogP contribution < -0.4 is 0 Å². The second kappa shape index (κ2) is 7.99. The molecular formula is C25H36N2O3. The van der Waals surface area contributed by atoms with Crippen molar-refractivity contribution in [2.45, 2.75) is 84.6 Å². The van der Waals surface area contributed by atoms with Crippen molar-refractivity contribution < 1.29 is 14.3 Å². The number of aromatic nitrogens is 1. The van der Waals surface area contributed by atoms with Gasteiger partial charge in [-0.2, -0.15) is 0 Å². The van der Waals surface area contributed by atoms with E-state index < -0.39 is 5.60 Å². The molecule has 1 aromatic heterocycles. The number of carbonyl (C=O) groups is 1. The van der Waals surface area contributed by atoms with E-state index in [1.807, 2.05) is 51.1 Å². The van der Waals surface area contributed by atoms with Crippen LogP contribution in [0.3, 0.4) is 0 Å². The van der Waals surface area contributed by atoms with Gasteiger partial charge < -0.3 is 9.47 Å². The zero-order valence-electron chi connectivity index (χ0n) is 19.1. The number of allylic oxidation sites excluding steroid dienone is 2. The van der Waals surface area contributed by atoms with Crippen LogP contribution in [-0.2, 0) is 9.47 Å². The van der Waals surface area contributed by atoms with Crippen LogP contribution in [0.1, 0.15) is 72.3 Å². The summed E-state index contributed by atoms with van der Waals surface area (Å²) in [5.41, 5.74) is 2.32. The minimum Gasteiger partial charge on any atom is -0.444 e. The lowest BCUT2D eigenvalue weighted by molar-refractivity contribution is -0.136. The van der Waals surface area contributed by atoms with Crippen LogP contribution in [0.2, 0.25) is 0 Å². The van der Waals surface area contributed by atoms with E-state index in [0.717, 1.165) is 32.1 Å².